The van der Waals surface area contributed by atoms with Gasteiger partial charge in [-0.2, -0.15) is 8.42 Å². The number of ether oxygens (including phenoxy) is 3. The maximum atomic E-state index is 14.8. The van der Waals surface area contributed by atoms with Crippen molar-refractivity contribution in [2.24, 2.45) is 0 Å². The van der Waals surface area contributed by atoms with E-state index in [1.54, 1.807) is 0 Å². The van der Waals surface area contributed by atoms with Crippen molar-refractivity contribution < 1.29 is 40.8 Å². The SMILES string of the molecule is COC1(OC)CCN(c2ccc(N3CC(CCS(=O)(=O)O)OC3=O)cc2F)CC1F. The molecule has 0 aromatic heterocycles. The maximum Gasteiger partial charge on any atom is 0.414 e. The molecule has 2 aliphatic rings. The molecule has 0 saturated carbocycles. The van der Waals surface area contributed by atoms with Crippen LogP contribution in [0.1, 0.15) is 12.8 Å². The summed E-state index contributed by atoms with van der Waals surface area (Å²) in [5, 5.41) is 0. The van der Waals surface area contributed by atoms with Gasteiger partial charge in [0.25, 0.3) is 10.1 Å². The number of methoxy groups -OCH3 is 2. The zero-order valence-electron chi connectivity index (χ0n) is 16.6. The van der Waals surface area contributed by atoms with E-state index >= 15 is 0 Å². The van der Waals surface area contributed by atoms with Gasteiger partial charge in [0, 0.05) is 33.6 Å². The highest BCUT2D eigenvalue weighted by molar-refractivity contribution is 7.85. The van der Waals surface area contributed by atoms with Crippen LogP contribution in [0.3, 0.4) is 0 Å². The van der Waals surface area contributed by atoms with Crippen molar-refractivity contribution in [1.29, 1.82) is 0 Å². The summed E-state index contributed by atoms with van der Waals surface area (Å²) in [5.74, 6) is -2.55. The molecule has 3 rings (SSSR count). The molecule has 1 N–H and O–H groups in total. The molecule has 2 saturated heterocycles. The van der Waals surface area contributed by atoms with Crippen molar-refractivity contribution in [1.82, 2.24) is 0 Å². The molecular weight excluding hydrogens is 426 g/mol. The number of piperidine rings is 1. The lowest BCUT2D eigenvalue weighted by Crippen LogP contribution is -2.56. The summed E-state index contributed by atoms with van der Waals surface area (Å²) in [6, 6.07) is 4.10. The molecule has 1 aromatic carbocycles. The second kappa shape index (κ2) is 8.61. The van der Waals surface area contributed by atoms with Crippen LogP contribution >= 0.6 is 0 Å². The van der Waals surface area contributed by atoms with E-state index in [0.29, 0.717) is 6.54 Å². The average Bonchev–Trinajstić information content (AvgIpc) is 3.07. The van der Waals surface area contributed by atoms with Crippen LogP contribution in [-0.4, -0.2) is 76.7 Å². The lowest BCUT2D eigenvalue weighted by atomic mass is 10.0. The highest BCUT2D eigenvalue weighted by atomic mass is 32.2. The zero-order valence-corrected chi connectivity index (χ0v) is 17.4. The molecule has 2 atom stereocenters. The Balaban J connectivity index is 1.69. The van der Waals surface area contributed by atoms with Crippen molar-refractivity contribution in [3.05, 3.63) is 24.0 Å². The summed E-state index contributed by atoms with van der Waals surface area (Å²) in [4.78, 5) is 14.8. The van der Waals surface area contributed by atoms with Crippen LogP contribution in [0.25, 0.3) is 0 Å². The fraction of sp³-hybridized carbons (Fsp3) is 0.611. The Morgan fingerprint density at radius 3 is 2.57 bits per heavy atom. The Morgan fingerprint density at radius 2 is 2.00 bits per heavy atom. The second-order valence-electron chi connectivity index (χ2n) is 7.21. The number of amides is 1. The summed E-state index contributed by atoms with van der Waals surface area (Å²) in [5.41, 5.74) is 0.408. The van der Waals surface area contributed by atoms with Crippen LogP contribution in [0.2, 0.25) is 0 Å². The number of carbonyl (C=O) groups is 1. The highest BCUT2D eigenvalue weighted by Crippen LogP contribution is 2.34. The molecule has 2 unspecified atom stereocenters. The van der Waals surface area contributed by atoms with Crippen molar-refractivity contribution in [2.45, 2.75) is 30.9 Å². The smallest absolute Gasteiger partial charge is 0.414 e. The number of cyclic esters (lactones) is 1. The quantitative estimate of drug-likeness (QED) is 0.497. The molecule has 2 aliphatic heterocycles. The van der Waals surface area contributed by atoms with Gasteiger partial charge in [0.15, 0.2) is 6.17 Å². The van der Waals surface area contributed by atoms with Gasteiger partial charge in [-0.15, -0.1) is 0 Å². The number of carbonyl (C=O) groups excluding carboxylic acids is 1. The molecule has 30 heavy (non-hydrogen) atoms. The summed E-state index contributed by atoms with van der Waals surface area (Å²) in [7, 11) is -1.46. The van der Waals surface area contributed by atoms with Gasteiger partial charge in [-0.1, -0.05) is 0 Å². The average molecular weight is 450 g/mol. The standard InChI is InChI=1S/C18H24F2N2O7S/c1-27-18(28-2)6-7-21(11-16(18)20)15-4-3-12(9-14(15)19)22-10-13(29-17(22)23)5-8-30(24,25)26/h3-4,9,13,16H,5-8,10-11H2,1-2H3,(H,24,25,26). The van der Waals surface area contributed by atoms with Crippen LogP contribution in [0, 0.1) is 5.82 Å². The minimum atomic E-state index is -4.18. The first-order chi connectivity index (χ1) is 14.1. The van der Waals surface area contributed by atoms with Gasteiger partial charge >= 0.3 is 6.09 Å². The predicted octanol–water partition coefficient (Wildman–Crippen LogP) is 1.97. The van der Waals surface area contributed by atoms with E-state index in [0.717, 1.165) is 6.07 Å². The summed E-state index contributed by atoms with van der Waals surface area (Å²) >= 11 is 0. The lowest BCUT2D eigenvalue weighted by Gasteiger charge is -2.43. The molecule has 1 amide bonds. The second-order valence-corrected chi connectivity index (χ2v) is 8.78. The molecular formula is C18H24F2N2O7S. The van der Waals surface area contributed by atoms with Crippen molar-refractivity contribution in [2.75, 3.05) is 49.4 Å². The number of hydrogen-bond acceptors (Lipinski definition) is 7. The fourth-order valence-corrected chi connectivity index (χ4v) is 4.28. The molecule has 1 aromatic rings. The first kappa shape index (κ1) is 22.7. The number of alkyl halides is 1. The fourth-order valence-electron chi connectivity index (χ4n) is 3.72. The first-order valence-corrected chi connectivity index (χ1v) is 10.9. The van der Waals surface area contributed by atoms with Crippen LogP contribution in [0.15, 0.2) is 18.2 Å². The van der Waals surface area contributed by atoms with E-state index in [1.165, 1.54) is 36.2 Å². The van der Waals surface area contributed by atoms with Crippen LogP contribution in [-0.2, 0) is 24.3 Å². The Morgan fingerprint density at radius 1 is 1.30 bits per heavy atom. The van der Waals surface area contributed by atoms with Crippen molar-refractivity contribution >= 4 is 27.6 Å². The largest absolute Gasteiger partial charge is 0.444 e. The third kappa shape index (κ3) is 4.66. The Kier molecular flexibility index (Phi) is 6.51. The number of anilines is 2. The Labute approximate surface area is 173 Å². The molecule has 0 aliphatic carbocycles. The van der Waals surface area contributed by atoms with Gasteiger partial charge in [-0.25, -0.2) is 13.6 Å². The van der Waals surface area contributed by atoms with Gasteiger partial charge < -0.3 is 19.1 Å². The Bertz CT molecular complexity index is 895. The molecule has 168 valence electrons. The van der Waals surface area contributed by atoms with Crippen LogP contribution in [0.4, 0.5) is 25.0 Å². The van der Waals surface area contributed by atoms with Crippen LogP contribution < -0.4 is 9.80 Å². The molecule has 0 spiro atoms. The van der Waals surface area contributed by atoms with E-state index in [9.17, 15) is 22.0 Å². The third-order valence-electron chi connectivity index (χ3n) is 5.43. The van der Waals surface area contributed by atoms with Crippen LogP contribution in [0.5, 0.6) is 0 Å². The zero-order chi connectivity index (χ0) is 22.1. The number of rotatable bonds is 7. The summed E-state index contributed by atoms with van der Waals surface area (Å²) in [6.45, 7) is 0.205. The minimum absolute atomic E-state index is 0.0214. The molecule has 0 bridgehead atoms. The van der Waals surface area contributed by atoms with Gasteiger partial charge in [-0.3, -0.25) is 9.45 Å². The van der Waals surface area contributed by atoms with E-state index < -0.39 is 45.8 Å². The molecule has 0 radical (unpaired) electrons. The number of nitrogens with zero attached hydrogens (tertiary/aromatic N) is 2. The molecule has 2 heterocycles. The lowest BCUT2D eigenvalue weighted by molar-refractivity contribution is -0.249. The minimum Gasteiger partial charge on any atom is -0.444 e. The summed E-state index contributed by atoms with van der Waals surface area (Å²) < 4.78 is 75.4. The molecule has 2 fully saturated rings. The highest BCUT2D eigenvalue weighted by Gasteiger charge is 2.45. The van der Waals surface area contributed by atoms with E-state index in [1.807, 2.05) is 0 Å². The molecule has 12 heteroatoms. The summed E-state index contributed by atoms with van der Waals surface area (Å²) in [6.07, 6.45) is -2.84. The Hall–Kier alpha value is -2.02. The van der Waals surface area contributed by atoms with Gasteiger partial charge in [0.1, 0.15) is 11.9 Å². The monoisotopic (exact) mass is 450 g/mol. The normalized spacial score (nSPS) is 24.2. The third-order valence-corrected chi connectivity index (χ3v) is 6.19. The predicted molar refractivity (Wildman–Crippen MR) is 104 cm³/mol. The first-order valence-electron chi connectivity index (χ1n) is 9.30. The van der Waals surface area contributed by atoms with Gasteiger partial charge in [-0.05, 0) is 18.2 Å². The van der Waals surface area contributed by atoms with E-state index in [-0.39, 0.29) is 37.3 Å². The number of halogens is 2. The van der Waals surface area contributed by atoms with E-state index in [2.05, 4.69) is 0 Å². The molecule has 9 nitrogen and oxygen atoms in total. The van der Waals surface area contributed by atoms with Gasteiger partial charge in [0.05, 0.1) is 30.2 Å². The number of hydrogen-bond donors (Lipinski definition) is 1. The van der Waals surface area contributed by atoms with Gasteiger partial charge in [0.2, 0.25) is 5.79 Å². The maximum absolute atomic E-state index is 14.8. The van der Waals surface area contributed by atoms with Crippen molar-refractivity contribution in [3.63, 3.8) is 0 Å². The van der Waals surface area contributed by atoms with E-state index in [4.69, 9.17) is 18.8 Å². The number of benzene rings is 1. The topological polar surface area (TPSA) is 106 Å². The van der Waals surface area contributed by atoms with Crippen molar-refractivity contribution in [3.8, 4) is 0 Å².